The Morgan fingerprint density at radius 2 is 2.21 bits per heavy atom. The van der Waals surface area contributed by atoms with Crippen LogP contribution in [0.25, 0.3) is 0 Å². The van der Waals surface area contributed by atoms with Gasteiger partial charge in [-0.1, -0.05) is 17.7 Å². The second-order valence-corrected chi connectivity index (χ2v) is 7.36. The van der Waals surface area contributed by atoms with Crippen molar-refractivity contribution in [3.63, 3.8) is 0 Å². The van der Waals surface area contributed by atoms with Crippen LogP contribution in [0.1, 0.15) is 32.1 Å². The first-order valence-corrected chi connectivity index (χ1v) is 8.06. The Balaban J connectivity index is 1.63. The summed E-state index contributed by atoms with van der Waals surface area (Å²) in [4.78, 5) is 1.21. The van der Waals surface area contributed by atoms with Crippen LogP contribution in [-0.2, 0) is 0 Å². The summed E-state index contributed by atoms with van der Waals surface area (Å²) in [7, 11) is 0. The van der Waals surface area contributed by atoms with Gasteiger partial charge in [0.25, 0.3) is 0 Å². The Hall–Kier alpha value is -0.690. The molecule has 3 rings (SSSR count). The van der Waals surface area contributed by atoms with Crippen molar-refractivity contribution in [2.45, 2.75) is 53.8 Å². The molecule has 0 heterocycles. The highest BCUT2D eigenvalue weighted by atomic mass is 35.5. The maximum Gasteiger partial charge on any atom is 0.108 e. The highest BCUT2D eigenvalue weighted by Crippen LogP contribution is 2.41. The van der Waals surface area contributed by atoms with Crippen LogP contribution in [0.4, 0.5) is 0 Å². The van der Waals surface area contributed by atoms with E-state index in [1.54, 1.807) is 0 Å². The molecule has 2 fully saturated rings. The van der Waals surface area contributed by atoms with Crippen LogP contribution in [0.2, 0.25) is 5.02 Å². The summed E-state index contributed by atoms with van der Waals surface area (Å²) >= 11 is 7.87. The molecule has 2 unspecified atom stereocenters. The zero-order chi connectivity index (χ0) is 13.3. The second kappa shape index (κ2) is 5.36. The predicted octanol–water partition coefficient (Wildman–Crippen LogP) is 4.00. The molecule has 0 spiro atoms. The molecule has 0 aliphatic heterocycles. The Kier molecular flexibility index (Phi) is 3.75. The molecule has 1 aromatic carbocycles. The number of benzene rings is 1. The van der Waals surface area contributed by atoms with Gasteiger partial charge in [-0.05, 0) is 50.3 Å². The highest BCUT2D eigenvalue weighted by molar-refractivity contribution is 8.00. The molecular weight excluding hydrogens is 276 g/mol. The maximum atomic E-state index is 9.48. The zero-order valence-electron chi connectivity index (χ0n) is 10.7. The molecule has 1 aromatic rings. The van der Waals surface area contributed by atoms with E-state index >= 15 is 0 Å². The SMILES string of the molecule is N#CC1(NC2CC2)CCC(Sc2cccc(Cl)c2)C1. The summed E-state index contributed by atoms with van der Waals surface area (Å²) in [5.41, 5.74) is -0.280. The van der Waals surface area contributed by atoms with Crippen LogP contribution < -0.4 is 5.32 Å². The van der Waals surface area contributed by atoms with E-state index in [9.17, 15) is 5.26 Å². The van der Waals surface area contributed by atoms with Crippen molar-refractivity contribution < 1.29 is 0 Å². The predicted molar refractivity (Wildman–Crippen MR) is 79.4 cm³/mol. The molecule has 0 saturated heterocycles. The van der Waals surface area contributed by atoms with Gasteiger partial charge in [0.1, 0.15) is 5.54 Å². The number of nitrogens with one attached hydrogen (secondary N) is 1. The summed E-state index contributed by atoms with van der Waals surface area (Å²) in [6.07, 6.45) is 5.48. The van der Waals surface area contributed by atoms with Crippen molar-refractivity contribution in [3.05, 3.63) is 29.3 Å². The average molecular weight is 293 g/mol. The molecule has 2 aliphatic rings. The molecule has 2 aliphatic carbocycles. The summed E-state index contributed by atoms with van der Waals surface area (Å²) in [5.74, 6) is 0. The van der Waals surface area contributed by atoms with Crippen LogP contribution in [0.5, 0.6) is 0 Å². The molecule has 4 heteroatoms. The first-order chi connectivity index (χ1) is 9.19. The van der Waals surface area contributed by atoms with Crippen LogP contribution in [-0.4, -0.2) is 16.8 Å². The lowest BCUT2D eigenvalue weighted by Gasteiger charge is -2.22. The van der Waals surface area contributed by atoms with Crippen molar-refractivity contribution in [3.8, 4) is 6.07 Å². The summed E-state index contributed by atoms with van der Waals surface area (Å²) in [5, 5.41) is 14.3. The Morgan fingerprint density at radius 3 is 2.89 bits per heavy atom. The minimum atomic E-state index is -0.280. The topological polar surface area (TPSA) is 35.8 Å². The van der Waals surface area contributed by atoms with Crippen molar-refractivity contribution in [1.29, 1.82) is 5.26 Å². The normalized spacial score (nSPS) is 30.2. The van der Waals surface area contributed by atoms with Gasteiger partial charge in [0.15, 0.2) is 0 Å². The highest BCUT2D eigenvalue weighted by Gasteiger charge is 2.43. The summed E-state index contributed by atoms with van der Waals surface area (Å²) < 4.78 is 0. The molecule has 100 valence electrons. The number of hydrogen-bond donors (Lipinski definition) is 1. The van der Waals surface area contributed by atoms with E-state index in [-0.39, 0.29) is 5.54 Å². The third-order valence-electron chi connectivity index (χ3n) is 3.84. The monoisotopic (exact) mass is 292 g/mol. The third-order valence-corrected chi connectivity index (χ3v) is 5.34. The number of nitriles is 1. The largest absolute Gasteiger partial charge is 0.297 e. The first-order valence-electron chi connectivity index (χ1n) is 6.80. The van der Waals surface area contributed by atoms with Gasteiger partial charge in [0, 0.05) is 21.2 Å². The van der Waals surface area contributed by atoms with Gasteiger partial charge < -0.3 is 0 Å². The molecule has 0 radical (unpaired) electrons. The van der Waals surface area contributed by atoms with Gasteiger partial charge in [0.05, 0.1) is 6.07 Å². The van der Waals surface area contributed by atoms with E-state index in [1.807, 2.05) is 30.0 Å². The smallest absolute Gasteiger partial charge is 0.108 e. The van der Waals surface area contributed by atoms with Crippen molar-refractivity contribution in [2.24, 2.45) is 0 Å². The van der Waals surface area contributed by atoms with Crippen LogP contribution >= 0.6 is 23.4 Å². The van der Waals surface area contributed by atoms with Crippen LogP contribution in [0.15, 0.2) is 29.2 Å². The molecule has 2 saturated carbocycles. The first kappa shape index (κ1) is 13.3. The number of rotatable bonds is 4. The van der Waals surface area contributed by atoms with E-state index < -0.39 is 0 Å². The third kappa shape index (κ3) is 3.25. The number of hydrogen-bond acceptors (Lipinski definition) is 3. The van der Waals surface area contributed by atoms with Crippen LogP contribution in [0.3, 0.4) is 0 Å². The quantitative estimate of drug-likeness (QED) is 0.911. The fourth-order valence-electron chi connectivity index (χ4n) is 2.72. The van der Waals surface area contributed by atoms with Crippen molar-refractivity contribution in [1.82, 2.24) is 5.32 Å². The molecule has 19 heavy (non-hydrogen) atoms. The molecular formula is C15H17ClN2S. The maximum absolute atomic E-state index is 9.48. The molecule has 0 bridgehead atoms. The lowest BCUT2D eigenvalue weighted by Crippen LogP contribution is -2.43. The fourth-order valence-corrected chi connectivity index (χ4v) is 4.31. The lowest BCUT2D eigenvalue weighted by molar-refractivity contribution is 0.420. The van der Waals surface area contributed by atoms with E-state index in [0.717, 1.165) is 24.3 Å². The Morgan fingerprint density at radius 1 is 1.37 bits per heavy atom. The average Bonchev–Trinajstić information content (AvgIpc) is 3.11. The molecule has 2 nitrogen and oxygen atoms in total. The van der Waals surface area contributed by atoms with Gasteiger partial charge >= 0.3 is 0 Å². The number of thioether (sulfide) groups is 1. The molecule has 0 amide bonds. The Bertz CT molecular complexity index is 509. The molecule has 2 atom stereocenters. The summed E-state index contributed by atoms with van der Waals surface area (Å²) in [6.45, 7) is 0. The van der Waals surface area contributed by atoms with E-state index in [4.69, 9.17) is 11.6 Å². The van der Waals surface area contributed by atoms with Gasteiger partial charge in [-0.2, -0.15) is 5.26 Å². The second-order valence-electron chi connectivity index (χ2n) is 5.55. The van der Waals surface area contributed by atoms with Crippen LogP contribution in [0, 0.1) is 11.3 Å². The lowest BCUT2D eigenvalue weighted by atomic mass is 10.00. The molecule has 0 aromatic heterocycles. The zero-order valence-corrected chi connectivity index (χ0v) is 12.3. The Labute approximate surface area is 123 Å². The van der Waals surface area contributed by atoms with Gasteiger partial charge in [0.2, 0.25) is 0 Å². The van der Waals surface area contributed by atoms with Crippen molar-refractivity contribution >= 4 is 23.4 Å². The number of halogens is 1. The standard InChI is InChI=1S/C15H17ClN2S/c16-11-2-1-3-13(8-11)19-14-6-7-15(9-14,10-17)18-12-4-5-12/h1-3,8,12,14,18H,4-7,9H2. The van der Waals surface area contributed by atoms with Gasteiger partial charge in [-0.3, -0.25) is 5.32 Å². The minimum Gasteiger partial charge on any atom is -0.297 e. The van der Waals surface area contributed by atoms with Gasteiger partial charge in [-0.15, -0.1) is 11.8 Å². The molecule has 1 N–H and O–H groups in total. The van der Waals surface area contributed by atoms with E-state index in [2.05, 4.69) is 17.5 Å². The van der Waals surface area contributed by atoms with Crippen molar-refractivity contribution in [2.75, 3.05) is 0 Å². The minimum absolute atomic E-state index is 0.280. The van der Waals surface area contributed by atoms with E-state index in [1.165, 1.54) is 17.7 Å². The van der Waals surface area contributed by atoms with Gasteiger partial charge in [-0.25, -0.2) is 0 Å². The van der Waals surface area contributed by atoms with E-state index in [0.29, 0.717) is 11.3 Å². The number of nitrogens with zero attached hydrogens (tertiary/aromatic N) is 1. The summed E-state index contributed by atoms with van der Waals surface area (Å²) in [6, 6.07) is 11.1. The fraction of sp³-hybridized carbons (Fsp3) is 0.533.